The van der Waals surface area contributed by atoms with Gasteiger partial charge in [0.25, 0.3) is 0 Å². The second-order valence-electron chi connectivity index (χ2n) is 19.0. The Labute approximate surface area is 334 Å². The fraction of sp³-hybridized carbons (Fsp3) is 0.385. The predicted molar refractivity (Wildman–Crippen MR) is 232 cm³/mol. The van der Waals surface area contributed by atoms with Crippen molar-refractivity contribution < 1.29 is 0 Å². The molecule has 3 aliphatic carbocycles. The maximum absolute atomic E-state index is 5.11. The average Bonchev–Trinajstić information content (AvgIpc) is 3.78. The second kappa shape index (κ2) is 13.6. The molecule has 2 heterocycles. The Morgan fingerprint density at radius 1 is 0.518 bits per heavy atom. The van der Waals surface area contributed by atoms with E-state index in [1.54, 1.807) is 11.1 Å². The molecule has 2 fully saturated rings. The van der Waals surface area contributed by atoms with E-state index in [1.807, 2.05) is 6.20 Å². The van der Waals surface area contributed by atoms with Crippen LogP contribution in [0.15, 0.2) is 103 Å². The Hall–Kier alpha value is -4.96. The molecule has 0 N–H and O–H groups in total. The first-order valence-corrected chi connectivity index (χ1v) is 21.1. The highest BCUT2D eigenvalue weighted by Gasteiger charge is 2.62. The van der Waals surface area contributed by atoms with E-state index in [4.69, 9.17) is 19.9 Å². The van der Waals surface area contributed by atoms with Crippen LogP contribution in [0.3, 0.4) is 0 Å². The predicted octanol–water partition coefficient (Wildman–Crippen LogP) is 13.4. The van der Waals surface area contributed by atoms with E-state index in [9.17, 15) is 0 Å². The number of rotatable bonds is 7. The van der Waals surface area contributed by atoms with Crippen LogP contribution in [-0.2, 0) is 28.1 Å². The lowest BCUT2D eigenvalue weighted by Gasteiger charge is -2.48. The van der Waals surface area contributed by atoms with Gasteiger partial charge in [-0.3, -0.25) is 4.98 Å². The quantitative estimate of drug-likeness (QED) is 0.164. The van der Waals surface area contributed by atoms with Crippen molar-refractivity contribution >= 4 is 0 Å². The SMILES string of the molecule is CCCCc1ccc2c(c1)[C@]13CCC[C@]1(CCC3)c1cc(-c3ccc(-c4nc(-c5ccc(C(C)(C)C)cc5)nc(-c5ccc(C(C)(C)C)cc5)n4)cn3)ccc1-2. The highest BCUT2D eigenvalue weighted by atomic mass is 15.0. The van der Waals surface area contributed by atoms with Crippen LogP contribution < -0.4 is 0 Å². The van der Waals surface area contributed by atoms with Gasteiger partial charge in [0.05, 0.1) is 5.69 Å². The average molecular weight is 737 g/mol. The smallest absolute Gasteiger partial charge is 0.165 e. The van der Waals surface area contributed by atoms with E-state index in [1.165, 1.54) is 91.2 Å². The molecule has 6 aromatic rings. The molecular formula is C52H56N4. The molecule has 4 heteroatoms. The van der Waals surface area contributed by atoms with Gasteiger partial charge in [-0.05, 0) is 106 Å². The van der Waals surface area contributed by atoms with Crippen molar-refractivity contribution in [3.05, 3.63) is 131 Å². The number of hydrogen-bond donors (Lipinski definition) is 0. The van der Waals surface area contributed by atoms with Gasteiger partial charge < -0.3 is 0 Å². The molecule has 0 spiro atoms. The Bertz CT molecular complexity index is 2320. The number of aromatic nitrogens is 4. The summed E-state index contributed by atoms with van der Waals surface area (Å²) in [6.07, 6.45) is 13.5. The summed E-state index contributed by atoms with van der Waals surface area (Å²) in [6, 6.07) is 36.3. The number of benzene rings is 4. The van der Waals surface area contributed by atoms with Gasteiger partial charge in [-0.25, -0.2) is 15.0 Å². The monoisotopic (exact) mass is 736 g/mol. The van der Waals surface area contributed by atoms with Crippen molar-refractivity contribution in [2.45, 2.75) is 128 Å². The lowest BCUT2D eigenvalue weighted by atomic mass is 9.55. The van der Waals surface area contributed by atoms with Crippen LogP contribution in [0.1, 0.15) is 128 Å². The van der Waals surface area contributed by atoms with E-state index in [2.05, 4.69) is 146 Å². The van der Waals surface area contributed by atoms with Gasteiger partial charge in [0.1, 0.15) is 0 Å². The van der Waals surface area contributed by atoms with Gasteiger partial charge in [-0.2, -0.15) is 0 Å². The second-order valence-corrected chi connectivity index (χ2v) is 19.0. The first-order chi connectivity index (χ1) is 26.9. The molecule has 4 aromatic carbocycles. The van der Waals surface area contributed by atoms with Gasteiger partial charge in [0.15, 0.2) is 17.5 Å². The summed E-state index contributed by atoms with van der Waals surface area (Å²) >= 11 is 0. The van der Waals surface area contributed by atoms with Crippen LogP contribution in [0, 0.1) is 0 Å². The van der Waals surface area contributed by atoms with Crippen LogP contribution in [0.4, 0.5) is 0 Å². The van der Waals surface area contributed by atoms with Crippen molar-refractivity contribution in [2.75, 3.05) is 0 Å². The van der Waals surface area contributed by atoms with E-state index in [-0.39, 0.29) is 21.7 Å². The maximum Gasteiger partial charge on any atom is 0.165 e. The number of hydrogen-bond acceptors (Lipinski definition) is 4. The summed E-state index contributed by atoms with van der Waals surface area (Å²) in [5.41, 5.74) is 15.8. The molecule has 9 rings (SSSR count). The Morgan fingerprint density at radius 2 is 0.982 bits per heavy atom. The van der Waals surface area contributed by atoms with E-state index >= 15 is 0 Å². The third-order valence-electron chi connectivity index (χ3n) is 13.5. The van der Waals surface area contributed by atoms with Gasteiger partial charge in [-0.1, -0.05) is 147 Å². The number of fused-ring (bicyclic) bond motifs is 3. The van der Waals surface area contributed by atoms with Gasteiger partial charge >= 0.3 is 0 Å². The normalized spacial score (nSPS) is 20.0. The fourth-order valence-corrected chi connectivity index (χ4v) is 10.4. The van der Waals surface area contributed by atoms with Crippen LogP contribution in [0.2, 0.25) is 0 Å². The molecule has 2 aromatic heterocycles. The fourth-order valence-electron chi connectivity index (χ4n) is 10.4. The van der Waals surface area contributed by atoms with Crippen LogP contribution in [0.25, 0.3) is 56.5 Å². The molecule has 56 heavy (non-hydrogen) atoms. The minimum absolute atomic E-state index is 0.0632. The highest BCUT2D eigenvalue weighted by molar-refractivity contribution is 5.82. The molecule has 0 amide bonds. The first kappa shape index (κ1) is 36.7. The summed E-state index contributed by atoms with van der Waals surface area (Å²) in [5, 5.41) is 0. The van der Waals surface area contributed by atoms with Gasteiger partial charge in [0.2, 0.25) is 0 Å². The zero-order valence-electron chi connectivity index (χ0n) is 34.5. The summed E-state index contributed by atoms with van der Waals surface area (Å²) < 4.78 is 0. The number of nitrogens with zero attached hydrogens (tertiary/aromatic N) is 4. The van der Waals surface area contributed by atoms with Crippen molar-refractivity contribution in [3.63, 3.8) is 0 Å². The van der Waals surface area contributed by atoms with Crippen molar-refractivity contribution in [3.8, 4) is 56.5 Å². The van der Waals surface area contributed by atoms with Crippen LogP contribution in [0.5, 0.6) is 0 Å². The van der Waals surface area contributed by atoms with E-state index < -0.39 is 0 Å². The molecule has 3 aliphatic rings. The number of aryl methyl sites for hydroxylation is 1. The highest BCUT2D eigenvalue weighted by Crippen LogP contribution is 2.69. The third-order valence-corrected chi connectivity index (χ3v) is 13.5. The Kier molecular flexibility index (Phi) is 8.91. The van der Waals surface area contributed by atoms with E-state index in [0.717, 1.165) is 22.4 Å². The molecule has 0 bridgehead atoms. The lowest BCUT2D eigenvalue weighted by molar-refractivity contribution is 0.299. The van der Waals surface area contributed by atoms with Crippen molar-refractivity contribution in [1.82, 2.24) is 19.9 Å². The van der Waals surface area contributed by atoms with E-state index in [0.29, 0.717) is 17.5 Å². The molecule has 4 nitrogen and oxygen atoms in total. The molecule has 0 saturated heterocycles. The Balaban J connectivity index is 1.09. The summed E-state index contributed by atoms with van der Waals surface area (Å²) in [4.78, 5) is 20.3. The molecule has 2 saturated carbocycles. The summed E-state index contributed by atoms with van der Waals surface area (Å²) in [6.45, 7) is 15.7. The summed E-state index contributed by atoms with van der Waals surface area (Å²) in [5.74, 6) is 1.96. The standard InChI is InChI=1S/C52H56N4/c1-8-9-12-34-13-24-41-42-25-18-37(32-44(42)52-29-10-27-51(52,28-11-30-52)43(41)31-34)45-26-19-38(33-53-45)48-55-46(35-14-20-39(21-15-35)49(2,3)4)54-47(56-48)36-16-22-40(23-17-36)50(5,6)7/h13-26,31-33H,8-12,27-30H2,1-7H3/t51-,52+. The Morgan fingerprint density at radius 3 is 1.46 bits per heavy atom. The minimum Gasteiger partial charge on any atom is -0.255 e. The van der Waals surface area contributed by atoms with Crippen LogP contribution >= 0.6 is 0 Å². The molecular weight excluding hydrogens is 681 g/mol. The molecule has 0 aliphatic heterocycles. The number of pyridine rings is 1. The maximum atomic E-state index is 5.11. The first-order valence-electron chi connectivity index (χ1n) is 21.1. The van der Waals surface area contributed by atoms with Crippen LogP contribution in [-0.4, -0.2) is 19.9 Å². The largest absolute Gasteiger partial charge is 0.255 e. The molecule has 0 unspecified atom stereocenters. The van der Waals surface area contributed by atoms with Gasteiger partial charge in [0, 0.05) is 39.3 Å². The topological polar surface area (TPSA) is 51.6 Å². The zero-order chi connectivity index (χ0) is 38.9. The molecule has 0 atom stereocenters. The van der Waals surface area contributed by atoms with Crippen molar-refractivity contribution in [1.29, 1.82) is 0 Å². The molecule has 0 radical (unpaired) electrons. The minimum atomic E-state index is 0.0632. The summed E-state index contributed by atoms with van der Waals surface area (Å²) in [7, 11) is 0. The zero-order valence-corrected chi connectivity index (χ0v) is 34.5. The molecule has 284 valence electrons. The van der Waals surface area contributed by atoms with Gasteiger partial charge in [-0.15, -0.1) is 0 Å². The number of unbranched alkanes of at least 4 members (excludes halogenated alkanes) is 1. The third kappa shape index (κ3) is 6.12. The van der Waals surface area contributed by atoms with Crippen molar-refractivity contribution in [2.24, 2.45) is 0 Å². The lowest BCUT2D eigenvalue weighted by Crippen LogP contribution is -2.43.